The molecule has 2 amide bonds. The van der Waals surface area contributed by atoms with Crippen LogP contribution in [0.25, 0.3) is 0 Å². The molecule has 7 nitrogen and oxygen atoms in total. The van der Waals surface area contributed by atoms with E-state index in [2.05, 4.69) is 5.32 Å². The molecule has 2 aromatic rings. The van der Waals surface area contributed by atoms with Crippen LogP contribution in [0.2, 0.25) is 5.02 Å². The quantitative estimate of drug-likeness (QED) is 0.403. The van der Waals surface area contributed by atoms with Crippen molar-refractivity contribution >= 4 is 39.1 Å². The Labute approximate surface area is 216 Å². The number of nitrogens with one attached hydrogen (secondary N) is 1. The van der Waals surface area contributed by atoms with Gasteiger partial charge in [0.2, 0.25) is 21.8 Å². The minimum absolute atomic E-state index is 0.0350. The number of hydrogen-bond donors (Lipinski definition) is 1. The fraction of sp³-hybridized carbons (Fsp3) is 0.440. The summed E-state index contributed by atoms with van der Waals surface area (Å²) in [4.78, 5) is 27.6. The van der Waals surface area contributed by atoms with Gasteiger partial charge in [-0.25, -0.2) is 17.2 Å². The van der Waals surface area contributed by atoms with E-state index in [9.17, 15) is 26.8 Å². The summed E-state index contributed by atoms with van der Waals surface area (Å²) in [5.41, 5.74) is 0.751. The number of halogens is 3. The number of carbonyl (C=O) groups is 2. The molecule has 0 bridgehead atoms. The van der Waals surface area contributed by atoms with Crippen molar-refractivity contribution in [2.24, 2.45) is 0 Å². The largest absolute Gasteiger partial charge is 0.354 e. The molecule has 0 aliphatic heterocycles. The van der Waals surface area contributed by atoms with Crippen molar-refractivity contribution in [2.75, 3.05) is 23.7 Å². The topological polar surface area (TPSA) is 86.8 Å². The first-order chi connectivity index (χ1) is 17.0. The van der Waals surface area contributed by atoms with Gasteiger partial charge in [-0.2, -0.15) is 0 Å². The molecular formula is C25H32ClF2N3O4S. The highest BCUT2D eigenvalue weighted by molar-refractivity contribution is 7.92. The number of nitrogens with zero attached hydrogens (tertiary/aromatic N) is 2. The van der Waals surface area contributed by atoms with Crippen molar-refractivity contribution < 1.29 is 26.8 Å². The molecule has 1 atom stereocenters. The summed E-state index contributed by atoms with van der Waals surface area (Å²) in [5.74, 6) is -2.86. The first-order valence-electron chi connectivity index (χ1n) is 11.7. The van der Waals surface area contributed by atoms with E-state index in [1.165, 1.54) is 11.0 Å². The summed E-state index contributed by atoms with van der Waals surface area (Å²) in [6, 6.07) is 9.05. The van der Waals surface area contributed by atoms with Gasteiger partial charge in [0.15, 0.2) is 11.6 Å². The van der Waals surface area contributed by atoms with Crippen molar-refractivity contribution in [2.45, 2.75) is 52.1 Å². The standard InChI is InChI=1S/C25H32ClF2N3O4S/c1-4-14-29-25(33)23(5-2)30(17-18-8-10-19(26)11-9-18)24(32)7-6-15-31(36(3,34)35)20-12-13-21(27)22(28)16-20/h8-13,16,23H,4-7,14-15,17H2,1-3H3,(H,29,33). The number of hydrogen-bond acceptors (Lipinski definition) is 4. The van der Waals surface area contributed by atoms with Gasteiger partial charge in [0.05, 0.1) is 11.9 Å². The monoisotopic (exact) mass is 543 g/mol. The highest BCUT2D eigenvalue weighted by atomic mass is 35.5. The smallest absolute Gasteiger partial charge is 0.242 e. The molecule has 2 rings (SSSR count). The van der Waals surface area contributed by atoms with E-state index in [-0.39, 0.29) is 43.4 Å². The van der Waals surface area contributed by atoms with Gasteiger partial charge in [-0.3, -0.25) is 13.9 Å². The van der Waals surface area contributed by atoms with Gasteiger partial charge in [0, 0.05) is 37.1 Å². The maximum absolute atomic E-state index is 13.7. The van der Waals surface area contributed by atoms with Gasteiger partial charge in [0.25, 0.3) is 0 Å². The fourth-order valence-electron chi connectivity index (χ4n) is 3.72. The SMILES string of the molecule is CCCNC(=O)C(CC)N(Cc1ccc(Cl)cc1)C(=O)CCCN(c1ccc(F)c(F)c1)S(C)(=O)=O. The summed E-state index contributed by atoms with van der Waals surface area (Å²) in [5, 5.41) is 3.38. The Morgan fingerprint density at radius 2 is 1.72 bits per heavy atom. The first-order valence-corrected chi connectivity index (χ1v) is 13.9. The molecule has 0 aliphatic carbocycles. The van der Waals surface area contributed by atoms with Crippen molar-refractivity contribution in [3.8, 4) is 0 Å². The lowest BCUT2D eigenvalue weighted by Gasteiger charge is -2.31. The molecular weight excluding hydrogens is 512 g/mol. The maximum Gasteiger partial charge on any atom is 0.242 e. The third kappa shape index (κ3) is 8.44. The predicted molar refractivity (Wildman–Crippen MR) is 137 cm³/mol. The molecule has 0 saturated heterocycles. The van der Waals surface area contributed by atoms with Crippen LogP contribution in [0.4, 0.5) is 14.5 Å². The molecule has 2 aromatic carbocycles. The molecule has 1 N–H and O–H groups in total. The van der Waals surface area contributed by atoms with E-state index in [0.717, 1.165) is 34.7 Å². The third-order valence-electron chi connectivity index (χ3n) is 5.54. The molecule has 198 valence electrons. The number of benzene rings is 2. The summed E-state index contributed by atoms with van der Waals surface area (Å²) in [6.07, 6.45) is 2.14. The lowest BCUT2D eigenvalue weighted by molar-refractivity contribution is -0.141. The first kappa shape index (κ1) is 29.5. The van der Waals surface area contributed by atoms with Gasteiger partial charge in [-0.15, -0.1) is 0 Å². The van der Waals surface area contributed by atoms with E-state index in [4.69, 9.17) is 11.6 Å². The van der Waals surface area contributed by atoms with Crippen molar-refractivity contribution in [3.63, 3.8) is 0 Å². The van der Waals surface area contributed by atoms with Gasteiger partial charge in [-0.1, -0.05) is 37.6 Å². The summed E-state index contributed by atoms with van der Waals surface area (Å²) >= 11 is 5.97. The van der Waals surface area contributed by atoms with Crippen LogP contribution in [0.5, 0.6) is 0 Å². The predicted octanol–water partition coefficient (Wildman–Crippen LogP) is 4.50. The molecule has 0 saturated carbocycles. The van der Waals surface area contributed by atoms with Crippen LogP contribution in [0.15, 0.2) is 42.5 Å². The minimum atomic E-state index is -3.82. The number of anilines is 1. The Morgan fingerprint density at radius 3 is 2.28 bits per heavy atom. The summed E-state index contributed by atoms with van der Waals surface area (Å²) < 4.78 is 52.6. The van der Waals surface area contributed by atoms with Gasteiger partial charge in [-0.05, 0) is 49.1 Å². The third-order valence-corrected chi connectivity index (χ3v) is 6.99. The zero-order valence-corrected chi connectivity index (χ0v) is 22.2. The minimum Gasteiger partial charge on any atom is -0.354 e. The van der Waals surface area contributed by atoms with Crippen LogP contribution >= 0.6 is 11.6 Å². The van der Waals surface area contributed by atoms with E-state index in [1.807, 2.05) is 13.8 Å². The Kier molecular flexibility index (Phi) is 11.1. The number of rotatable bonds is 13. The van der Waals surface area contributed by atoms with Crippen LogP contribution < -0.4 is 9.62 Å². The normalized spacial score (nSPS) is 12.2. The molecule has 11 heteroatoms. The second kappa shape index (κ2) is 13.5. The van der Waals surface area contributed by atoms with Crippen LogP contribution in [0.1, 0.15) is 45.1 Å². The molecule has 0 fully saturated rings. The maximum atomic E-state index is 13.7. The summed E-state index contributed by atoms with van der Waals surface area (Å²) in [7, 11) is -3.82. The van der Waals surface area contributed by atoms with Crippen molar-refractivity contribution in [3.05, 3.63) is 64.7 Å². The average molecular weight is 544 g/mol. The van der Waals surface area contributed by atoms with E-state index in [1.54, 1.807) is 24.3 Å². The van der Waals surface area contributed by atoms with Gasteiger partial charge < -0.3 is 10.2 Å². The molecule has 0 heterocycles. The zero-order valence-electron chi connectivity index (χ0n) is 20.6. The second-order valence-corrected chi connectivity index (χ2v) is 10.7. The molecule has 0 aromatic heterocycles. The zero-order chi connectivity index (χ0) is 26.9. The average Bonchev–Trinajstić information content (AvgIpc) is 2.82. The van der Waals surface area contributed by atoms with E-state index in [0.29, 0.717) is 18.0 Å². The van der Waals surface area contributed by atoms with Crippen LogP contribution in [0, 0.1) is 11.6 Å². The lowest BCUT2D eigenvalue weighted by atomic mass is 10.1. The Bertz CT molecular complexity index is 1150. The van der Waals surface area contributed by atoms with Crippen molar-refractivity contribution in [1.29, 1.82) is 0 Å². The molecule has 0 radical (unpaired) electrons. The molecule has 36 heavy (non-hydrogen) atoms. The van der Waals surface area contributed by atoms with Crippen LogP contribution in [-0.4, -0.2) is 50.5 Å². The van der Waals surface area contributed by atoms with E-state index >= 15 is 0 Å². The van der Waals surface area contributed by atoms with Crippen LogP contribution in [0.3, 0.4) is 0 Å². The lowest BCUT2D eigenvalue weighted by Crippen LogP contribution is -2.49. The number of carbonyl (C=O) groups excluding carboxylic acids is 2. The molecule has 1 unspecified atom stereocenters. The highest BCUT2D eigenvalue weighted by Crippen LogP contribution is 2.22. The van der Waals surface area contributed by atoms with Crippen LogP contribution in [-0.2, 0) is 26.2 Å². The van der Waals surface area contributed by atoms with Crippen molar-refractivity contribution in [1.82, 2.24) is 10.2 Å². The Morgan fingerprint density at radius 1 is 1.06 bits per heavy atom. The summed E-state index contributed by atoms with van der Waals surface area (Å²) in [6.45, 7) is 4.28. The second-order valence-electron chi connectivity index (χ2n) is 8.40. The van der Waals surface area contributed by atoms with E-state index < -0.39 is 27.7 Å². The highest BCUT2D eigenvalue weighted by Gasteiger charge is 2.28. The van der Waals surface area contributed by atoms with Gasteiger partial charge in [0.1, 0.15) is 6.04 Å². The Hall–Kier alpha value is -2.72. The molecule has 0 aliphatic rings. The fourth-order valence-corrected chi connectivity index (χ4v) is 4.80. The Balaban J connectivity index is 2.21. The van der Waals surface area contributed by atoms with Gasteiger partial charge >= 0.3 is 0 Å². The number of sulfonamides is 1. The number of amides is 2. The molecule has 0 spiro atoms.